The van der Waals surface area contributed by atoms with Crippen LogP contribution in [0.4, 0.5) is 14.9 Å². The molecule has 0 spiro atoms. The standard InChI is InChI=1S/C21H24FN5O4S/c1-26-10-18-17(26)11-27(18)32(29,30)25-21(28)24-20-14-5-3-4-13(14)16(22)9-15(20)12-6-7-23-19(8-12)31-2/h6-9,17-18H,3-5,10-11H2,1-2H3,(H2,24,25,28)/t17?,18-/m0/s1. The first-order chi connectivity index (χ1) is 15.3. The van der Waals surface area contributed by atoms with Crippen LogP contribution in [0.3, 0.4) is 0 Å². The Morgan fingerprint density at radius 1 is 1.22 bits per heavy atom. The van der Waals surface area contributed by atoms with E-state index in [1.54, 1.807) is 12.1 Å². The number of fused-ring (bicyclic) bond motifs is 2. The first-order valence-corrected chi connectivity index (χ1v) is 11.9. The molecule has 1 aromatic heterocycles. The SMILES string of the molecule is COc1cc(-c2cc(F)c3c(c2NC(=O)NS(=O)(=O)N2CC4[C@@H]2CN4C)CCC3)ccn1. The molecular weight excluding hydrogens is 437 g/mol. The van der Waals surface area contributed by atoms with Crippen molar-refractivity contribution < 1.29 is 22.3 Å². The summed E-state index contributed by atoms with van der Waals surface area (Å²) in [5.74, 6) is 0.00164. The average Bonchev–Trinajstić information content (AvgIpc) is 3.24. The zero-order valence-electron chi connectivity index (χ0n) is 17.8. The molecule has 1 aliphatic carbocycles. The molecular formula is C21H24FN5O4S. The highest BCUT2D eigenvalue weighted by molar-refractivity contribution is 7.87. The first-order valence-electron chi connectivity index (χ1n) is 10.4. The van der Waals surface area contributed by atoms with Gasteiger partial charge in [-0.05, 0) is 55.1 Å². The van der Waals surface area contributed by atoms with Gasteiger partial charge in [-0.25, -0.2) is 18.9 Å². The fraction of sp³-hybridized carbons (Fsp3) is 0.429. The number of hydrogen-bond acceptors (Lipinski definition) is 6. The number of anilines is 1. The van der Waals surface area contributed by atoms with E-state index in [4.69, 9.17) is 4.74 Å². The third-order valence-corrected chi connectivity index (χ3v) is 8.08. The summed E-state index contributed by atoms with van der Waals surface area (Å²) in [5, 5.41) is 2.69. The van der Waals surface area contributed by atoms with E-state index in [1.165, 1.54) is 23.7 Å². The molecule has 32 heavy (non-hydrogen) atoms. The van der Waals surface area contributed by atoms with Gasteiger partial charge in [-0.15, -0.1) is 0 Å². The first kappa shape index (κ1) is 21.1. The molecule has 1 aromatic carbocycles. The van der Waals surface area contributed by atoms with Crippen LogP contribution in [-0.4, -0.2) is 68.0 Å². The van der Waals surface area contributed by atoms with Gasteiger partial charge >= 0.3 is 16.2 Å². The molecule has 9 nitrogen and oxygen atoms in total. The van der Waals surface area contributed by atoms with Crippen molar-refractivity contribution in [3.8, 4) is 17.0 Å². The Morgan fingerprint density at radius 3 is 2.69 bits per heavy atom. The van der Waals surface area contributed by atoms with Crippen LogP contribution in [-0.2, 0) is 23.1 Å². The number of benzene rings is 1. The molecule has 1 unspecified atom stereocenters. The van der Waals surface area contributed by atoms with E-state index in [0.29, 0.717) is 59.8 Å². The number of piperazine rings is 1. The van der Waals surface area contributed by atoms with Crippen molar-refractivity contribution in [1.82, 2.24) is 18.9 Å². The Bertz CT molecular complexity index is 1200. The number of amides is 2. The molecule has 170 valence electrons. The van der Waals surface area contributed by atoms with E-state index in [0.717, 1.165) is 6.42 Å². The smallest absolute Gasteiger partial charge is 0.333 e. The summed E-state index contributed by atoms with van der Waals surface area (Å²) in [6, 6.07) is 3.94. The highest BCUT2D eigenvalue weighted by atomic mass is 32.2. The van der Waals surface area contributed by atoms with Crippen LogP contribution < -0.4 is 14.8 Å². The molecule has 2 N–H and O–H groups in total. The highest BCUT2D eigenvalue weighted by Crippen LogP contribution is 2.40. The van der Waals surface area contributed by atoms with E-state index in [-0.39, 0.29) is 17.9 Å². The number of aromatic nitrogens is 1. The number of nitrogens with one attached hydrogen (secondary N) is 2. The Labute approximate surface area is 185 Å². The molecule has 0 radical (unpaired) electrons. The lowest BCUT2D eigenvalue weighted by atomic mass is 9.90. The molecule has 2 amide bonds. The summed E-state index contributed by atoms with van der Waals surface area (Å²) < 4.78 is 48.8. The van der Waals surface area contributed by atoms with Crippen LogP contribution in [0.5, 0.6) is 5.88 Å². The fourth-order valence-electron chi connectivity index (χ4n) is 4.82. The lowest BCUT2D eigenvalue weighted by Gasteiger charge is -2.59. The van der Waals surface area contributed by atoms with Gasteiger partial charge in [0.05, 0.1) is 18.8 Å². The Hall–Kier alpha value is -2.76. The molecule has 3 heterocycles. The number of likely N-dealkylation sites (N-methyl/N-ethyl adjacent to an activating group) is 1. The number of carbonyl (C=O) groups is 1. The Morgan fingerprint density at radius 2 is 2.00 bits per heavy atom. The van der Waals surface area contributed by atoms with Gasteiger partial charge in [0.2, 0.25) is 5.88 Å². The number of likely N-dealkylation sites (tertiary alicyclic amines) is 1. The van der Waals surface area contributed by atoms with E-state index in [1.807, 2.05) is 7.05 Å². The molecule has 2 atom stereocenters. The van der Waals surface area contributed by atoms with Gasteiger partial charge in [0.1, 0.15) is 5.82 Å². The molecule has 0 bridgehead atoms. The van der Waals surface area contributed by atoms with Crippen molar-refractivity contribution in [3.63, 3.8) is 0 Å². The van der Waals surface area contributed by atoms with Gasteiger partial charge in [0.25, 0.3) is 0 Å². The van der Waals surface area contributed by atoms with Crippen LogP contribution in [0.1, 0.15) is 17.5 Å². The zero-order valence-corrected chi connectivity index (χ0v) is 18.6. The highest BCUT2D eigenvalue weighted by Gasteiger charge is 2.54. The third kappa shape index (κ3) is 3.40. The number of nitrogens with zero attached hydrogens (tertiary/aromatic N) is 3. The lowest BCUT2D eigenvalue weighted by Crippen LogP contribution is -2.79. The maximum Gasteiger partial charge on any atom is 0.333 e. The third-order valence-electron chi connectivity index (χ3n) is 6.59. The minimum absolute atomic E-state index is 0.0970. The number of urea groups is 1. The van der Waals surface area contributed by atoms with E-state index >= 15 is 0 Å². The molecule has 2 aromatic rings. The van der Waals surface area contributed by atoms with Gasteiger partial charge in [0.15, 0.2) is 0 Å². The van der Waals surface area contributed by atoms with Crippen molar-refractivity contribution in [2.75, 3.05) is 32.6 Å². The predicted octanol–water partition coefficient (Wildman–Crippen LogP) is 1.75. The number of hydrogen-bond donors (Lipinski definition) is 2. The number of pyridine rings is 1. The summed E-state index contributed by atoms with van der Waals surface area (Å²) in [6.07, 6.45) is 3.45. The molecule has 0 saturated carbocycles. The maximum absolute atomic E-state index is 14.8. The van der Waals surface area contributed by atoms with Crippen LogP contribution >= 0.6 is 0 Å². The number of carbonyl (C=O) groups excluding carboxylic acids is 1. The predicted molar refractivity (Wildman–Crippen MR) is 116 cm³/mol. The van der Waals surface area contributed by atoms with Gasteiger partial charge in [0, 0.05) is 37.0 Å². The number of methoxy groups -OCH3 is 1. The van der Waals surface area contributed by atoms with Crippen molar-refractivity contribution in [3.05, 3.63) is 41.3 Å². The van der Waals surface area contributed by atoms with Crippen molar-refractivity contribution in [2.45, 2.75) is 31.3 Å². The molecule has 11 heteroatoms. The average molecular weight is 462 g/mol. The summed E-state index contributed by atoms with van der Waals surface area (Å²) in [4.78, 5) is 18.9. The fourth-order valence-corrected chi connectivity index (χ4v) is 6.13. The second kappa shape index (κ2) is 7.68. The van der Waals surface area contributed by atoms with E-state index < -0.39 is 16.2 Å². The minimum atomic E-state index is -3.97. The lowest BCUT2D eigenvalue weighted by molar-refractivity contribution is -0.0620. The quantitative estimate of drug-likeness (QED) is 0.703. The van der Waals surface area contributed by atoms with Crippen LogP contribution in [0, 0.1) is 5.82 Å². The second-order valence-electron chi connectivity index (χ2n) is 8.38. The molecule has 2 saturated heterocycles. The topological polar surface area (TPSA) is 104 Å². The maximum atomic E-state index is 14.8. The molecule has 2 fully saturated rings. The summed E-state index contributed by atoms with van der Waals surface area (Å²) in [7, 11) is -0.547. The Balaban J connectivity index is 1.44. The van der Waals surface area contributed by atoms with Crippen molar-refractivity contribution in [2.24, 2.45) is 0 Å². The van der Waals surface area contributed by atoms with Crippen LogP contribution in [0.15, 0.2) is 24.4 Å². The van der Waals surface area contributed by atoms with Crippen molar-refractivity contribution in [1.29, 1.82) is 0 Å². The number of rotatable bonds is 5. The largest absolute Gasteiger partial charge is 0.481 e. The summed E-state index contributed by atoms with van der Waals surface area (Å²) >= 11 is 0. The van der Waals surface area contributed by atoms with Crippen LogP contribution in [0.25, 0.3) is 11.1 Å². The molecule has 5 rings (SSSR count). The molecule has 2 aliphatic heterocycles. The number of halogens is 1. The van der Waals surface area contributed by atoms with E-state index in [2.05, 4.69) is 19.9 Å². The van der Waals surface area contributed by atoms with Gasteiger partial charge in [-0.2, -0.15) is 12.7 Å². The summed E-state index contributed by atoms with van der Waals surface area (Å²) in [6.45, 7) is 1.00. The second-order valence-corrected chi connectivity index (χ2v) is 10.0. The van der Waals surface area contributed by atoms with Gasteiger partial charge in [-0.1, -0.05) is 0 Å². The summed E-state index contributed by atoms with van der Waals surface area (Å²) in [5.41, 5.74) is 2.70. The van der Waals surface area contributed by atoms with Gasteiger partial charge in [-0.3, -0.25) is 4.90 Å². The van der Waals surface area contributed by atoms with Crippen LogP contribution in [0.2, 0.25) is 0 Å². The molecule has 3 aliphatic rings. The monoisotopic (exact) mass is 461 g/mol. The zero-order chi connectivity index (χ0) is 22.6. The number of ether oxygens (including phenoxy) is 1. The minimum Gasteiger partial charge on any atom is -0.481 e. The van der Waals surface area contributed by atoms with Crippen molar-refractivity contribution >= 4 is 21.9 Å². The van der Waals surface area contributed by atoms with Gasteiger partial charge < -0.3 is 10.1 Å². The van der Waals surface area contributed by atoms with E-state index in [9.17, 15) is 17.6 Å². The normalized spacial score (nSPS) is 22.3. The Kier molecular flexibility index (Phi) is 5.06.